The minimum atomic E-state index is -0.515. The number of benzene rings is 2. The summed E-state index contributed by atoms with van der Waals surface area (Å²) in [5.41, 5.74) is 1.55. The normalized spacial score (nSPS) is 10.6. The molecule has 0 aliphatic heterocycles. The molecule has 0 aliphatic carbocycles. The zero-order chi connectivity index (χ0) is 24.7. The third-order valence-corrected chi connectivity index (χ3v) is 5.81. The molecule has 11 nitrogen and oxygen atoms in total. The number of ether oxygens (including phenoxy) is 1. The van der Waals surface area contributed by atoms with Crippen molar-refractivity contribution in [3.8, 4) is 5.75 Å². The SMILES string of the molecule is CCn1c(CC(=O)Nc2ccccc2OC)nnc1SCC(=O)Nc1cc([N+](=O)[O-])ccc1C. The number of carbonyl (C=O) groups excluding carboxylic acids is 2. The van der Waals surface area contributed by atoms with Gasteiger partial charge in [0.1, 0.15) is 11.6 Å². The number of para-hydroxylation sites is 2. The van der Waals surface area contributed by atoms with E-state index in [-0.39, 0.29) is 29.7 Å². The Morgan fingerprint density at radius 2 is 1.85 bits per heavy atom. The van der Waals surface area contributed by atoms with E-state index in [2.05, 4.69) is 20.8 Å². The zero-order valence-electron chi connectivity index (χ0n) is 18.9. The zero-order valence-corrected chi connectivity index (χ0v) is 19.7. The summed E-state index contributed by atoms with van der Waals surface area (Å²) < 4.78 is 7.01. The number of hydrogen-bond acceptors (Lipinski definition) is 8. The highest BCUT2D eigenvalue weighted by Crippen LogP contribution is 2.25. The standard InChI is InChI=1S/C22H24N6O5S/c1-4-27-19(12-20(29)23-16-7-5-6-8-18(16)33-3)25-26-22(27)34-13-21(30)24-17-11-15(28(31)32)10-9-14(17)2/h5-11H,4,12-13H2,1-3H3,(H,23,29)(H,24,30). The maximum atomic E-state index is 12.5. The number of anilines is 2. The number of nitro groups is 1. The fraction of sp³-hybridized carbons (Fsp3) is 0.273. The number of hydrogen-bond donors (Lipinski definition) is 2. The molecule has 12 heteroatoms. The Kier molecular flexibility index (Phi) is 8.19. The number of thioether (sulfide) groups is 1. The number of non-ortho nitro benzene ring substituents is 1. The second-order valence-electron chi connectivity index (χ2n) is 7.16. The summed E-state index contributed by atoms with van der Waals surface area (Å²) in [7, 11) is 1.53. The summed E-state index contributed by atoms with van der Waals surface area (Å²) in [5, 5.41) is 25.2. The van der Waals surface area contributed by atoms with Crippen molar-refractivity contribution < 1.29 is 19.2 Å². The van der Waals surface area contributed by atoms with Crippen LogP contribution in [0.15, 0.2) is 47.6 Å². The number of amides is 2. The molecule has 0 radical (unpaired) electrons. The summed E-state index contributed by atoms with van der Waals surface area (Å²) in [6.07, 6.45) is -0.00147. The molecule has 0 spiro atoms. The van der Waals surface area contributed by atoms with E-state index in [1.54, 1.807) is 35.8 Å². The monoisotopic (exact) mass is 484 g/mol. The van der Waals surface area contributed by atoms with Gasteiger partial charge in [0.05, 0.1) is 35.6 Å². The van der Waals surface area contributed by atoms with Crippen LogP contribution in [0.25, 0.3) is 0 Å². The molecule has 0 aliphatic rings. The van der Waals surface area contributed by atoms with Crippen molar-refractivity contribution in [2.24, 2.45) is 0 Å². The molecular weight excluding hydrogens is 460 g/mol. The molecule has 0 unspecified atom stereocenters. The van der Waals surface area contributed by atoms with Gasteiger partial charge in [-0.25, -0.2) is 0 Å². The third kappa shape index (κ3) is 6.10. The van der Waals surface area contributed by atoms with Gasteiger partial charge in [-0.05, 0) is 31.5 Å². The molecule has 3 aromatic rings. The third-order valence-electron chi connectivity index (χ3n) is 4.85. The van der Waals surface area contributed by atoms with Gasteiger partial charge in [-0.15, -0.1) is 10.2 Å². The largest absolute Gasteiger partial charge is 0.495 e. The minimum Gasteiger partial charge on any atom is -0.495 e. The summed E-state index contributed by atoms with van der Waals surface area (Å²) >= 11 is 1.17. The molecule has 3 rings (SSSR count). The van der Waals surface area contributed by atoms with Crippen LogP contribution in [0.3, 0.4) is 0 Å². The van der Waals surface area contributed by atoms with Crippen LogP contribution in [0.4, 0.5) is 17.1 Å². The molecule has 2 aromatic carbocycles. The number of carbonyl (C=O) groups is 2. The molecule has 178 valence electrons. The van der Waals surface area contributed by atoms with Crippen LogP contribution >= 0.6 is 11.8 Å². The Bertz CT molecular complexity index is 1210. The van der Waals surface area contributed by atoms with Gasteiger partial charge >= 0.3 is 0 Å². The van der Waals surface area contributed by atoms with E-state index in [1.807, 2.05) is 13.0 Å². The summed E-state index contributed by atoms with van der Waals surface area (Å²) in [5.74, 6) is 0.423. The lowest BCUT2D eigenvalue weighted by molar-refractivity contribution is -0.384. The number of methoxy groups -OCH3 is 1. The van der Waals surface area contributed by atoms with Gasteiger partial charge < -0.3 is 19.9 Å². The van der Waals surface area contributed by atoms with E-state index >= 15 is 0 Å². The van der Waals surface area contributed by atoms with Gasteiger partial charge in [-0.2, -0.15) is 0 Å². The fourth-order valence-electron chi connectivity index (χ4n) is 3.13. The first kappa shape index (κ1) is 24.7. The lowest BCUT2D eigenvalue weighted by atomic mass is 10.2. The van der Waals surface area contributed by atoms with Crippen LogP contribution in [0.1, 0.15) is 18.3 Å². The van der Waals surface area contributed by atoms with Gasteiger partial charge in [0, 0.05) is 18.7 Å². The van der Waals surface area contributed by atoms with Crippen LogP contribution in [0, 0.1) is 17.0 Å². The van der Waals surface area contributed by atoms with E-state index in [4.69, 9.17) is 4.74 Å². The second-order valence-corrected chi connectivity index (χ2v) is 8.10. The first-order chi connectivity index (χ1) is 16.3. The molecule has 1 aromatic heterocycles. The number of rotatable bonds is 10. The van der Waals surface area contributed by atoms with Gasteiger partial charge in [-0.1, -0.05) is 30.0 Å². The highest BCUT2D eigenvalue weighted by atomic mass is 32.2. The van der Waals surface area contributed by atoms with E-state index in [9.17, 15) is 19.7 Å². The van der Waals surface area contributed by atoms with Crippen LogP contribution in [-0.2, 0) is 22.6 Å². The average Bonchev–Trinajstić information content (AvgIpc) is 3.20. The maximum Gasteiger partial charge on any atom is 0.271 e. The van der Waals surface area contributed by atoms with Crippen LogP contribution in [0.2, 0.25) is 0 Å². The molecule has 2 N–H and O–H groups in total. The molecule has 2 amide bonds. The van der Waals surface area contributed by atoms with Gasteiger partial charge in [0.2, 0.25) is 11.8 Å². The van der Waals surface area contributed by atoms with E-state index in [0.717, 1.165) is 0 Å². The Morgan fingerprint density at radius 3 is 2.56 bits per heavy atom. The van der Waals surface area contributed by atoms with Gasteiger partial charge in [-0.3, -0.25) is 19.7 Å². The van der Waals surface area contributed by atoms with Crippen molar-refractivity contribution in [3.05, 3.63) is 64.0 Å². The Balaban J connectivity index is 1.62. The predicted molar refractivity (Wildman–Crippen MR) is 128 cm³/mol. The summed E-state index contributed by atoms with van der Waals surface area (Å²) in [6, 6.07) is 11.4. The van der Waals surface area contributed by atoms with Crippen LogP contribution in [-0.4, -0.2) is 44.4 Å². The molecule has 0 atom stereocenters. The highest BCUT2D eigenvalue weighted by Gasteiger charge is 2.17. The summed E-state index contributed by atoms with van der Waals surface area (Å²) in [4.78, 5) is 35.4. The summed E-state index contributed by atoms with van der Waals surface area (Å²) in [6.45, 7) is 4.16. The molecule has 0 bridgehead atoms. The second kappa shape index (κ2) is 11.3. The Hall–Kier alpha value is -3.93. The van der Waals surface area contributed by atoms with Crippen molar-refractivity contribution in [1.82, 2.24) is 14.8 Å². The predicted octanol–water partition coefficient (Wildman–Crippen LogP) is 3.44. The number of nitrogens with one attached hydrogen (secondary N) is 2. The van der Waals surface area contributed by atoms with Crippen molar-refractivity contribution in [2.75, 3.05) is 23.5 Å². The topological polar surface area (TPSA) is 141 Å². The molecule has 34 heavy (non-hydrogen) atoms. The maximum absolute atomic E-state index is 12.5. The molecule has 0 saturated carbocycles. The van der Waals surface area contributed by atoms with E-state index in [0.29, 0.717) is 40.2 Å². The number of nitrogens with zero attached hydrogens (tertiary/aromatic N) is 4. The first-order valence-corrected chi connectivity index (χ1v) is 11.3. The molecule has 0 saturated heterocycles. The quantitative estimate of drug-likeness (QED) is 0.253. The van der Waals surface area contributed by atoms with Crippen molar-refractivity contribution in [1.29, 1.82) is 0 Å². The lowest BCUT2D eigenvalue weighted by Crippen LogP contribution is -2.18. The smallest absolute Gasteiger partial charge is 0.271 e. The highest BCUT2D eigenvalue weighted by molar-refractivity contribution is 7.99. The molecule has 1 heterocycles. The Labute approximate surface area is 200 Å². The van der Waals surface area contributed by atoms with E-state index < -0.39 is 4.92 Å². The van der Waals surface area contributed by atoms with Crippen LogP contribution in [0.5, 0.6) is 5.75 Å². The number of aromatic nitrogens is 3. The minimum absolute atomic E-state index is 0.00147. The first-order valence-electron chi connectivity index (χ1n) is 10.3. The Morgan fingerprint density at radius 1 is 1.12 bits per heavy atom. The number of nitro benzene ring substituents is 1. The lowest BCUT2D eigenvalue weighted by Gasteiger charge is -2.11. The molecule has 0 fully saturated rings. The van der Waals surface area contributed by atoms with Crippen molar-refractivity contribution in [3.63, 3.8) is 0 Å². The van der Waals surface area contributed by atoms with Gasteiger partial charge in [0.15, 0.2) is 5.16 Å². The van der Waals surface area contributed by atoms with Gasteiger partial charge in [0.25, 0.3) is 5.69 Å². The van der Waals surface area contributed by atoms with E-state index in [1.165, 1.54) is 31.0 Å². The number of aryl methyl sites for hydroxylation is 1. The molecular formula is C22H24N6O5S. The fourth-order valence-corrected chi connectivity index (χ4v) is 3.96. The average molecular weight is 485 g/mol. The van der Waals surface area contributed by atoms with Crippen molar-refractivity contribution >= 4 is 40.6 Å². The van der Waals surface area contributed by atoms with Crippen LogP contribution < -0.4 is 15.4 Å². The van der Waals surface area contributed by atoms with Crippen molar-refractivity contribution in [2.45, 2.75) is 32.0 Å².